The van der Waals surface area contributed by atoms with Gasteiger partial charge in [0.1, 0.15) is 11.3 Å². The molecular formula is C25H30FN7O2. The predicted molar refractivity (Wildman–Crippen MR) is 133 cm³/mol. The zero-order valence-electron chi connectivity index (χ0n) is 19.8. The summed E-state index contributed by atoms with van der Waals surface area (Å²) in [4.78, 5) is 29.4. The second-order valence-corrected chi connectivity index (χ2v) is 8.75. The number of nitrogens with one attached hydrogen (secondary N) is 2. The van der Waals surface area contributed by atoms with Crippen molar-refractivity contribution in [3.8, 4) is 11.3 Å². The molecule has 1 amide bonds. The molecule has 2 N–H and O–H groups in total. The van der Waals surface area contributed by atoms with Crippen molar-refractivity contribution < 1.29 is 13.9 Å². The van der Waals surface area contributed by atoms with Crippen molar-refractivity contribution in [3.63, 3.8) is 0 Å². The van der Waals surface area contributed by atoms with Crippen molar-refractivity contribution in [2.45, 2.75) is 19.4 Å². The van der Waals surface area contributed by atoms with Gasteiger partial charge in [0.25, 0.3) is 0 Å². The van der Waals surface area contributed by atoms with E-state index in [-0.39, 0.29) is 17.8 Å². The Hall–Kier alpha value is -3.37. The summed E-state index contributed by atoms with van der Waals surface area (Å²) in [5, 5.41) is 6.67. The summed E-state index contributed by atoms with van der Waals surface area (Å²) >= 11 is 0. The molecule has 35 heavy (non-hydrogen) atoms. The van der Waals surface area contributed by atoms with Gasteiger partial charge in [-0.3, -0.25) is 9.78 Å². The lowest BCUT2D eigenvalue weighted by atomic mass is 10.1. The van der Waals surface area contributed by atoms with Crippen LogP contribution >= 0.6 is 0 Å². The van der Waals surface area contributed by atoms with Crippen molar-refractivity contribution in [3.05, 3.63) is 42.5 Å². The van der Waals surface area contributed by atoms with Crippen molar-refractivity contribution in [1.82, 2.24) is 25.2 Å². The zero-order chi connectivity index (χ0) is 24.2. The number of pyridine rings is 1. The first-order valence-electron chi connectivity index (χ1n) is 12.1. The number of anilines is 2. The normalized spacial score (nSPS) is 18.6. The van der Waals surface area contributed by atoms with Gasteiger partial charge in [0, 0.05) is 70.2 Å². The van der Waals surface area contributed by atoms with Gasteiger partial charge in [0.15, 0.2) is 5.82 Å². The predicted octanol–water partition coefficient (Wildman–Crippen LogP) is 2.29. The largest absolute Gasteiger partial charge is 0.374 e. The van der Waals surface area contributed by atoms with Crippen LogP contribution in [0.2, 0.25) is 0 Å². The molecule has 2 aliphatic heterocycles. The third kappa shape index (κ3) is 5.18. The molecule has 2 fully saturated rings. The van der Waals surface area contributed by atoms with E-state index in [0.29, 0.717) is 79.5 Å². The Morgan fingerprint density at radius 1 is 1.20 bits per heavy atom. The van der Waals surface area contributed by atoms with E-state index >= 15 is 4.39 Å². The molecule has 0 spiro atoms. The summed E-state index contributed by atoms with van der Waals surface area (Å²) in [5.41, 5.74) is 3.17. The smallest absolute Gasteiger partial charge is 0.222 e. The standard InChI is InChI=1S/C25H30FN7O2/c1-2-23(34)33-10-8-32(9-11-33)22-4-3-17(13-19(22)26)20-14-21-24(29-6-5-28-21)25(31-20)30-16-18-15-27-7-12-35-18/h3-6,13-14,18,27H,2,7-12,15-16H2,1H3,(H,30,31). The fourth-order valence-electron chi connectivity index (χ4n) is 4.55. The van der Waals surface area contributed by atoms with Crippen LogP contribution in [-0.4, -0.2) is 84.3 Å². The molecule has 5 rings (SSSR count). The number of hydrogen-bond donors (Lipinski definition) is 2. The van der Waals surface area contributed by atoms with Gasteiger partial charge in [-0.1, -0.05) is 13.0 Å². The molecule has 0 saturated carbocycles. The minimum Gasteiger partial charge on any atom is -0.374 e. The average Bonchev–Trinajstić information content (AvgIpc) is 2.91. The Bertz CT molecular complexity index is 1190. The number of benzene rings is 1. The topological polar surface area (TPSA) is 95.5 Å². The van der Waals surface area contributed by atoms with Gasteiger partial charge >= 0.3 is 0 Å². The molecule has 10 heteroatoms. The number of carbonyl (C=O) groups is 1. The minimum atomic E-state index is -0.310. The molecule has 2 saturated heterocycles. The molecule has 0 radical (unpaired) electrons. The Morgan fingerprint density at radius 2 is 2.03 bits per heavy atom. The van der Waals surface area contributed by atoms with E-state index in [2.05, 4.69) is 20.6 Å². The number of aromatic nitrogens is 3. The summed E-state index contributed by atoms with van der Waals surface area (Å²) in [6.07, 6.45) is 3.80. The van der Waals surface area contributed by atoms with E-state index in [1.54, 1.807) is 18.5 Å². The van der Waals surface area contributed by atoms with Crippen LogP contribution in [0, 0.1) is 5.82 Å². The molecule has 1 unspecified atom stereocenters. The van der Waals surface area contributed by atoms with Gasteiger partial charge < -0.3 is 25.2 Å². The number of fused-ring (bicyclic) bond motifs is 1. The summed E-state index contributed by atoms with van der Waals surface area (Å²) < 4.78 is 21.0. The van der Waals surface area contributed by atoms with Crippen LogP contribution in [0.3, 0.4) is 0 Å². The number of ether oxygens (including phenoxy) is 1. The highest BCUT2D eigenvalue weighted by Crippen LogP contribution is 2.29. The van der Waals surface area contributed by atoms with Gasteiger partial charge in [-0.2, -0.15) is 0 Å². The van der Waals surface area contributed by atoms with E-state index in [9.17, 15) is 4.79 Å². The van der Waals surface area contributed by atoms with Crippen LogP contribution in [0.5, 0.6) is 0 Å². The number of carbonyl (C=O) groups excluding carboxylic acids is 1. The highest BCUT2D eigenvalue weighted by Gasteiger charge is 2.22. The van der Waals surface area contributed by atoms with Gasteiger partial charge in [0.2, 0.25) is 5.91 Å². The van der Waals surface area contributed by atoms with E-state index in [0.717, 1.165) is 13.1 Å². The molecule has 3 aromatic rings. The monoisotopic (exact) mass is 479 g/mol. The number of piperazine rings is 1. The summed E-state index contributed by atoms with van der Waals surface area (Å²) in [6, 6.07) is 7.01. The average molecular weight is 480 g/mol. The maximum atomic E-state index is 15.2. The van der Waals surface area contributed by atoms with Crippen LogP contribution in [0.25, 0.3) is 22.3 Å². The van der Waals surface area contributed by atoms with E-state index < -0.39 is 0 Å². The fraction of sp³-hybridized carbons (Fsp3) is 0.440. The Labute approximate surface area is 203 Å². The van der Waals surface area contributed by atoms with Crippen LogP contribution in [0.1, 0.15) is 13.3 Å². The van der Waals surface area contributed by atoms with Gasteiger partial charge in [0.05, 0.1) is 29.6 Å². The van der Waals surface area contributed by atoms with Crippen LogP contribution < -0.4 is 15.5 Å². The van der Waals surface area contributed by atoms with Gasteiger partial charge in [-0.05, 0) is 18.2 Å². The lowest BCUT2D eigenvalue weighted by molar-refractivity contribution is -0.131. The number of hydrogen-bond acceptors (Lipinski definition) is 8. The number of amides is 1. The molecule has 0 aliphatic carbocycles. The van der Waals surface area contributed by atoms with E-state index in [1.165, 1.54) is 6.07 Å². The molecule has 2 aromatic heterocycles. The first-order valence-corrected chi connectivity index (χ1v) is 12.1. The second kappa shape index (κ2) is 10.5. The van der Waals surface area contributed by atoms with Crippen molar-refractivity contribution in [2.75, 3.05) is 62.6 Å². The van der Waals surface area contributed by atoms with Crippen molar-refractivity contribution >= 4 is 28.4 Å². The third-order valence-electron chi connectivity index (χ3n) is 6.48. The van der Waals surface area contributed by atoms with Crippen molar-refractivity contribution in [2.24, 2.45) is 0 Å². The number of nitrogens with zero attached hydrogens (tertiary/aromatic N) is 5. The third-order valence-corrected chi connectivity index (χ3v) is 6.48. The molecule has 0 bridgehead atoms. The van der Waals surface area contributed by atoms with Crippen LogP contribution in [0.15, 0.2) is 36.7 Å². The first kappa shape index (κ1) is 23.4. The fourth-order valence-corrected chi connectivity index (χ4v) is 4.55. The zero-order valence-corrected chi connectivity index (χ0v) is 19.8. The first-order chi connectivity index (χ1) is 17.1. The molecule has 1 aromatic carbocycles. The lowest BCUT2D eigenvalue weighted by Gasteiger charge is -2.36. The van der Waals surface area contributed by atoms with Gasteiger partial charge in [-0.15, -0.1) is 0 Å². The Kier molecular flexibility index (Phi) is 7.01. The molecule has 9 nitrogen and oxygen atoms in total. The molecule has 2 aliphatic rings. The SMILES string of the molecule is CCC(=O)N1CCN(c2ccc(-c3cc4nccnc4c(NCC4CNCCO4)n3)cc2F)CC1. The van der Waals surface area contributed by atoms with E-state index in [1.807, 2.05) is 28.9 Å². The molecule has 4 heterocycles. The number of halogens is 1. The summed E-state index contributed by atoms with van der Waals surface area (Å²) in [5.74, 6) is 0.428. The minimum absolute atomic E-state index is 0.0331. The van der Waals surface area contributed by atoms with E-state index in [4.69, 9.17) is 9.72 Å². The molecule has 184 valence electrons. The molecular weight excluding hydrogens is 449 g/mol. The second-order valence-electron chi connectivity index (χ2n) is 8.75. The Morgan fingerprint density at radius 3 is 2.77 bits per heavy atom. The highest BCUT2D eigenvalue weighted by atomic mass is 19.1. The highest BCUT2D eigenvalue weighted by molar-refractivity contribution is 5.88. The Balaban J connectivity index is 1.37. The van der Waals surface area contributed by atoms with Crippen LogP contribution in [-0.2, 0) is 9.53 Å². The summed E-state index contributed by atoms with van der Waals surface area (Å²) in [7, 11) is 0. The molecule has 1 atom stereocenters. The number of morpholine rings is 1. The van der Waals surface area contributed by atoms with Gasteiger partial charge in [-0.25, -0.2) is 14.4 Å². The maximum Gasteiger partial charge on any atom is 0.222 e. The van der Waals surface area contributed by atoms with Crippen LogP contribution in [0.4, 0.5) is 15.9 Å². The maximum absolute atomic E-state index is 15.2. The quantitative estimate of drug-likeness (QED) is 0.556. The van der Waals surface area contributed by atoms with Crippen molar-refractivity contribution in [1.29, 1.82) is 0 Å². The lowest BCUT2D eigenvalue weighted by Crippen LogP contribution is -2.48. The summed E-state index contributed by atoms with van der Waals surface area (Å²) in [6.45, 7) is 7.17. The number of rotatable bonds is 6.